The number of piperidine rings is 1. The van der Waals surface area contributed by atoms with Crippen molar-refractivity contribution in [2.24, 2.45) is 5.92 Å². The van der Waals surface area contributed by atoms with Crippen molar-refractivity contribution in [1.82, 2.24) is 14.4 Å². The monoisotopic (exact) mass is 514 g/mol. The fourth-order valence-corrected chi connectivity index (χ4v) is 6.77. The molecule has 0 saturated carbocycles. The largest absolute Gasteiger partial charge is 0.416 e. The molecule has 1 aliphatic rings. The molecule has 2 aromatic heterocycles. The highest BCUT2D eigenvalue weighted by molar-refractivity contribution is 7.89. The second-order valence-electron chi connectivity index (χ2n) is 7.94. The number of aromatic nitrogens is 2. The van der Waals surface area contributed by atoms with Gasteiger partial charge >= 0.3 is 6.18 Å². The molecule has 3 heterocycles. The van der Waals surface area contributed by atoms with Gasteiger partial charge in [-0.25, -0.2) is 8.42 Å². The second kappa shape index (κ2) is 9.12. The number of amides is 1. The van der Waals surface area contributed by atoms with Crippen LogP contribution in [-0.4, -0.2) is 41.9 Å². The molecule has 1 fully saturated rings. The van der Waals surface area contributed by atoms with Gasteiger partial charge in [-0.1, -0.05) is 11.2 Å². The highest BCUT2D eigenvalue weighted by Gasteiger charge is 2.35. The van der Waals surface area contributed by atoms with E-state index in [1.54, 1.807) is 13.8 Å². The molecule has 0 spiro atoms. The van der Waals surface area contributed by atoms with Crippen LogP contribution in [-0.2, 0) is 21.0 Å². The average Bonchev–Trinajstić information content (AvgIpc) is 3.39. The van der Waals surface area contributed by atoms with Crippen LogP contribution in [0.15, 0.2) is 39.8 Å². The number of carbonyl (C=O) groups is 1. The summed E-state index contributed by atoms with van der Waals surface area (Å²) in [6.45, 7) is 3.48. The first kappa shape index (κ1) is 24.4. The van der Waals surface area contributed by atoms with Crippen LogP contribution in [0.3, 0.4) is 0 Å². The maximum absolute atomic E-state index is 13.4. The predicted molar refractivity (Wildman–Crippen MR) is 119 cm³/mol. The zero-order valence-electron chi connectivity index (χ0n) is 18.2. The molecule has 34 heavy (non-hydrogen) atoms. The first-order valence-electron chi connectivity index (χ1n) is 10.3. The maximum atomic E-state index is 13.4. The fourth-order valence-electron chi connectivity index (χ4n) is 3.76. The van der Waals surface area contributed by atoms with Gasteiger partial charge in [0.05, 0.1) is 21.3 Å². The average molecular weight is 515 g/mol. The van der Waals surface area contributed by atoms with E-state index in [1.807, 2.05) is 0 Å². The van der Waals surface area contributed by atoms with E-state index in [9.17, 15) is 26.4 Å². The van der Waals surface area contributed by atoms with Crippen molar-refractivity contribution in [3.05, 3.63) is 46.7 Å². The Balaban J connectivity index is 1.50. The molecule has 1 aromatic carbocycles. The van der Waals surface area contributed by atoms with Gasteiger partial charge in [0, 0.05) is 30.6 Å². The number of aryl methyl sites for hydroxylation is 2. The summed E-state index contributed by atoms with van der Waals surface area (Å²) in [6, 6.07) is 5.83. The Morgan fingerprint density at radius 3 is 2.71 bits per heavy atom. The lowest BCUT2D eigenvalue weighted by Gasteiger charge is -2.31. The summed E-state index contributed by atoms with van der Waals surface area (Å²) in [5.41, 5.74) is -0.868. The molecular formula is C21H21F3N4O4S2. The fraction of sp³-hybridized carbons (Fsp3) is 0.381. The minimum absolute atomic E-state index is 0.00790. The Bertz CT molecular complexity index is 1320. The minimum Gasteiger partial charge on any atom is -0.339 e. The zero-order valence-corrected chi connectivity index (χ0v) is 19.9. The topological polar surface area (TPSA) is 105 Å². The van der Waals surface area contributed by atoms with Crippen LogP contribution in [0.1, 0.15) is 29.2 Å². The lowest BCUT2D eigenvalue weighted by molar-refractivity contribution is -0.137. The molecule has 1 amide bonds. The van der Waals surface area contributed by atoms with Crippen LogP contribution in [0.25, 0.3) is 10.7 Å². The van der Waals surface area contributed by atoms with Gasteiger partial charge in [-0.3, -0.25) is 4.79 Å². The van der Waals surface area contributed by atoms with E-state index in [0.717, 1.165) is 12.1 Å². The standard InChI is InChI=1S/C21H21F3N4O4S2/c1-12-18(10-17(33-12)19-25-13(2)32-27-19)34(30,31)28-8-4-5-14(11-28)20(29)26-16-7-3-6-15(9-16)21(22,23)24/h3,6-7,9-10,14H,4-5,8,11H2,1-2H3,(H,26,29)/t14-/m0/s1. The van der Waals surface area contributed by atoms with E-state index in [-0.39, 0.29) is 23.7 Å². The molecule has 0 unspecified atom stereocenters. The lowest BCUT2D eigenvalue weighted by Crippen LogP contribution is -2.43. The number of anilines is 1. The van der Waals surface area contributed by atoms with E-state index in [0.29, 0.717) is 34.3 Å². The Hall–Kier alpha value is -2.77. The molecule has 1 saturated heterocycles. The van der Waals surface area contributed by atoms with Crippen molar-refractivity contribution in [3.63, 3.8) is 0 Å². The van der Waals surface area contributed by atoms with Gasteiger partial charge < -0.3 is 9.84 Å². The third kappa shape index (κ3) is 5.00. The number of nitrogens with zero attached hydrogens (tertiary/aromatic N) is 3. The Kier molecular flexibility index (Phi) is 6.53. The number of benzene rings is 1. The number of nitrogens with one attached hydrogen (secondary N) is 1. The second-order valence-corrected chi connectivity index (χ2v) is 11.1. The van der Waals surface area contributed by atoms with Crippen LogP contribution < -0.4 is 5.32 Å². The molecule has 0 bridgehead atoms. The Morgan fingerprint density at radius 2 is 2.03 bits per heavy atom. The molecule has 1 aliphatic heterocycles. The molecular weight excluding hydrogens is 493 g/mol. The predicted octanol–water partition coefficient (Wildman–Crippen LogP) is 4.47. The van der Waals surface area contributed by atoms with Gasteiger partial charge in [0.1, 0.15) is 0 Å². The zero-order chi connectivity index (χ0) is 24.7. The molecule has 13 heteroatoms. The summed E-state index contributed by atoms with van der Waals surface area (Å²) in [6.07, 6.45) is -3.67. The third-order valence-electron chi connectivity index (χ3n) is 5.45. The summed E-state index contributed by atoms with van der Waals surface area (Å²) in [5, 5.41) is 6.31. The first-order chi connectivity index (χ1) is 15.9. The van der Waals surface area contributed by atoms with Crippen molar-refractivity contribution in [1.29, 1.82) is 0 Å². The molecule has 1 N–H and O–H groups in total. The number of thiophene rings is 1. The number of rotatable bonds is 5. The van der Waals surface area contributed by atoms with Gasteiger partial charge in [0.2, 0.25) is 27.6 Å². The van der Waals surface area contributed by atoms with E-state index in [4.69, 9.17) is 4.52 Å². The van der Waals surface area contributed by atoms with Gasteiger partial charge in [0.25, 0.3) is 0 Å². The molecule has 0 aliphatic carbocycles. The van der Waals surface area contributed by atoms with E-state index < -0.39 is 33.6 Å². The molecule has 3 aromatic rings. The first-order valence-corrected chi connectivity index (χ1v) is 12.6. The summed E-state index contributed by atoms with van der Waals surface area (Å²) in [5.74, 6) is -0.569. The summed E-state index contributed by atoms with van der Waals surface area (Å²) in [4.78, 5) is 18.1. The molecule has 1 atom stereocenters. The molecule has 182 valence electrons. The smallest absolute Gasteiger partial charge is 0.339 e. The number of carbonyl (C=O) groups excluding carboxylic acids is 1. The summed E-state index contributed by atoms with van der Waals surface area (Å²) >= 11 is 1.22. The van der Waals surface area contributed by atoms with Gasteiger partial charge in [-0.2, -0.15) is 22.5 Å². The Labute approximate surface area is 197 Å². The number of hydrogen-bond acceptors (Lipinski definition) is 7. The van der Waals surface area contributed by atoms with Crippen molar-refractivity contribution in [3.8, 4) is 10.7 Å². The van der Waals surface area contributed by atoms with Crippen LogP contribution in [0.5, 0.6) is 0 Å². The highest BCUT2D eigenvalue weighted by atomic mass is 32.2. The van der Waals surface area contributed by atoms with Gasteiger partial charge in [-0.15, -0.1) is 11.3 Å². The summed E-state index contributed by atoms with van der Waals surface area (Å²) in [7, 11) is -3.91. The van der Waals surface area contributed by atoms with Gasteiger partial charge in [0.15, 0.2) is 0 Å². The van der Waals surface area contributed by atoms with Crippen molar-refractivity contribution in [2.45, 2.75) is 37.8 Å². The Morgan fingerprint density at radius 1 is 1.26 bits per heavy atom. The van der Waals surface area contributed by atoms with Crippen LogP contribution >= 0.6 is 11.3 Å². The van der Waals surface area contributed by atoms with E-state index >= 15 is 0 Å². The van der Waals surface area contributed by atoms with Crippen molar-refractivity contribution in [2.75, 3.05) is 18.4 Å². The maximum Gasteiger partial charge on any atom is 0.416 e. The summed E-state index contributed by atoms with van der Waals surface area (Å²) < 4.78 is 71.8. The highest BCUT2D eigenvalue weighted by Crippen LogP contribution is 2.35. The van der Waals surface area contributed by atoms with Crippen LogP contribution in [0.2, 0.25) is 0 Å². The number of alkyl halides is 3. The van der Waals surface area contributed by atoms with E-state index in [1.165, 1.54) is 33.8 Å². The number of halogens is 3. The van der Waals surface area contributed by atoms with Crippen molar-refractivity contribution >= 4 is 33.0 Å². The normalized spacial score (nSPS) is 17.6. The van der Waals surface area contributed by atoms with Crippen molar-refractivity contribution < 1.29 is 30.9 Å². The van der Waals surface area contributed by atoms with Gasteiger partial charge in [-0.05, 0) is 44.0 Å². The van der Waals surface area contributed by atoms with E-state index in [2.05, 4.69) is 15.5 Å². The quantitative estimate of drug-likeness (QED) is 0.539. The molecule has 0 radical (unpaired) electrons. The van der Waals surface area contributed by atoms with Crippen LogP contribution in [0, 0.1) is 19.8 Å². The minimum atomic E-state index is -4.53. The lowest BCUT2D eigenvalue weighted by atomic mass is 9.98. The number of sulfonamides is 1. The van der Waals surface area contributed by atoms with Crippen LogP contribution in [0.4, 0.5) is 18.9 Å². The molecule has 8 nitrogen and oxygen atoms in total. The third-order valence-corrected chi connectivity index (χ3v) is 8.62. The number of hydrogen-bond donors (Lipinski definition) is 1. The molecule has 4 rings (SSSR count). The SMILES string of the molecule is Cc1nc(-c2cc(S(=O)(=O)N3CCC[C@H](C(=O)Nc4cccc(C(F)(F)F)c4)C3)c(C)s2)no1.